The molecule has 4 aliphatic rings. The van der Waals surface area contributed by atoms with Gasteiger partial charge in [-0.2, -0.15) is 0 Å². The maximum absolute atomic E-state index is 14.5. The van der Waals surface area contributed by atoms with Gasteiger partial charge in [-0.3, -0.25) is 14.4 Å². The molecule has 38 heavy (non-hydrogen) atoms. The Morgan fingerprint density at radius 2 is 1.74 bits per heavy atom. The molecule has 0 aliphatic carbocycles. The molecule has 1 aromatic rings. The normalized spacial score (nSPS) is 33.2. The van der Waals surface area contributed by atoms with Crippen LogP contribution in [-0.4, -0.2) is 94.1 Å². The summed E-state index contributed by atoms with van der Waals surface area (Å²) < 4.78 is 6.82. The van der Waals surface area contributed by atoms with Gasteiger partial charge in [0.25, 0.3) is 0 Å². The number of aliphatic hydroxyl groups is 1. The van der Waals surface area contributed by atoms with Crippen molar-refractivity contribution < 1.29 is 24.2 Å². The lowest BCUT2D eigenvalue weighted by Gasteiger charge is -2.40. The Balaban J connectivity index is 1.61. The average Bonchev–Trinajstić information content (AvgIpc) is 3.19. The molecule has 0 aromatic heterocycles. The fourth-order valence-corrected chi connectivity index (χ4v) is 6.91. The Morgan fingerprint density at radius 3 is 2.45 bits per heavy atom. The van der Waals surface area contributed by atoms with Gasteiger partial charge in [-0.15, -0.1) is 0 Å². The smallest absolute Gasteiger partial charge is 0.249 e. The number of hydrogen-bond donors (Lipinski definition) is 1. The minimum absolute atomic E-state index is 0.165. The summed E-state index contributed by atoms with van der Waals surface area (Å²) in [5, 5.41) is 10.6. The maximum atomic E-state index is 14.5. The molecule has 5 rings (SSSR count). The Labute approximate surface area is 224 Å². The molecule has 1 N–H and O–H groups in total. The number of likely N-dealkylation sites (tertiary alicyclic amines) is 1. The molecule has 8 heteroatoms. The first-order valence-corrected chi connectivity index (χ1v) is 13.8. The van der Waals surface area contributed by atoms with Crippen LogP contribution in [0.25, 0.3) is 0 Å². The fourth-order valence-electron chi connectivity index (χ4n) is 6.91. The van der Waals surface area contributed by atoms with Gasteiger partial charge < -0.3 is 24.5 Å². The molecule has 0 saturated carbocycles. The largest absolute Gasteiger partial charge is 0.394 e. The molecule has 0 radical (unpaired) electrons. The van der Waals surface area contributed by atoms with E-state index in [-0.39, 0.29) is 24.3 Å². The molecule has 4 aliphatic heterocycles. The second kappa shape index (κ2) is 10.3. The van der Waals surface area contributed by atoms with Gasteiger partial charge in [0, 0.05) is 26.7 Å². The highest BCUT2D eigenvalue weighted by atomic mass is 16.5. The number of likely N-dealkylation sites (N-methyl/N-ethyl adjacent to an activating group) is 1. The number of carbonyl (C=O) groups excluding carboxylic acids is 3. The van der Waals surface area contributed by atoms with Crippen LogP contribution in [0.15, 0.2) is 54.6 Å². The van der Waals surface area contributed by atoms with Crippen molar-refractivity contribution in [1.82, 2.24) is 14.7 Å². The molecule has 2 fully saturated rings. The number of carbonyl (C=O) groups is 3. The highest BCUT2D eigenvalue weighted by Gasteiger charge is 2.75. The first-order chi connectivity index (χ1) is 18.3. The van der Waals surface area contributed by atoms with Crippen molar-refractivity contribution >= 4 is 17.7 Å². The summed E-state index contributed by atoms with van der Waals surface area (Å²) in [5.41, 5.74) is -1.36. The minimum atomic E-state index is -1.30. The number of benzene rings is 1. The predicted molar refractivity (Wildman–Crippen MR) is 143 cm³/mol. The van der Waals surface area contributed by atoms with E-state index in [0.717, 1.165) is 24.8 Å². The number of amides is 3. The molecule has 1 spiro atoms. The number of ether oxygens (including phenoxy) is 1. The summed E-state index contributed by atoms with van der Waals surface area (Å²) in [5.74, 6) is -2.29. The van der Waals surface area contributed by atoms with E-state index in [2.05, 4.69) is 6.92 Å². The van der Waals surface area contributed by atoms with Gasteiger partial charge in [0.2, 0.25) is 17.7 Å². The summed E-state index contributed by atoms with van der Waals surface area (Å²) in [6, 6.07) is 8.07. The van der Waals surface area contributed by atoms with Crippen molar-refractivity contribution in [2.75, 3.05) is 33.3 Å². The number of aliphatic hydroxyl groups excluding tert-OH is 1. The van der Waals surface area contributed by atoms with Gasteiger partial charge in [-0.05, 0) is 25.3 Å². The topological polar surface area (TPSA) is 90.4 Å². The van der Waals surface area contributed by atoms with Crippen LogP contribution in [0, 0.1) is 11.8 Å². The first kappa shape index (κ1) is 26.6. The Kier molecular flexibility index (Phi) is 7.22. The number of unbranched alkanes of at least 4 members (excludes halogenated alkanes) is 2. The molecule has 1 aromatic carbocycles. The summed E-state index contributed by atoms with van der Waals surface area (Å²) >= 11 is 0. The lowest BCUT2D eigenvalue weighted by molar-refractivity contribution is -0.155. The lowest BCUT2D eigenvalue weighted by Crippen LogP contribution is -2.59. The molecule has 204 valence electrons. The second-order valence-corrected chi connectivity index (χ2v) is 11.3. The van der Waals surface area contributed by atoms with E-state index < -0.39 is 35.1 Å². The molecular weight excluding hydrogens is 482 g/mol. The van der Waals surface area contributed by atoms with E-state index in [4.69, 9.17) is 4.74 Å². The van der Waals surface area contributed by atoms with Crippen molar-refractivity contribution in [3.05, 3.63) is 60.2 Å². The number of hydrogen-bond acceptors (Lipinski definition) is 5. The van der Waals surface area contributed by atoms with Gasteiger partial charge in [0.15, 0.2) is 0 Å². The van der Waals surface area contributed by atoms with Gasteiger partial charge in [-0.1, -0.05) is 74.4 Å². The van der Waals surface area contributed by atoms with Gasteiger partial charge in [0.05, 0.1) is 30.1 Å². The van der Waals surface area contributed by atoms with Gasteiger partial charge in [0.1, 0.15) is 11.6 Å². The van der Waals surface area contributed by atoms with Crippen molar-refractivity contribution in [3.63, 3.8) is 0 Å². The predicted octanol–water partition coefficient (Wildman–Crippen LogP) is 2.18. The van der Waals surface area contributed by atoms with E-state index >= 15 is 0 Å². The van der Waals surface area contributed by atoms with Crippen LogP contribution < -0.4 is 0 Å². The quantitative estimate of drug-likeness (QED) is 0.418. The van der Waals surface area contributed by atoms with Crippen LogP contribution in [-0.2, 0) is 25.5 Å². The zero-order valence-electron chi connectivity index (χ0n) is 22.6. The van der Waals surface area contributed by atoms with Crippen LogP contribution in [0.5, 0.6) is 0 Å². The monoisotopic (exact) mass is 521 g/mol. The summed E-state index contributed by atoms with van der Waals surface area (Å²) in [6.07, 6.45) is 10.9. The Morgan fingerprint density at radius 1 is 1.00 bits per heavy atom. The third-order valence-corrected chi connectivity index (χ3v) is 8.73. The highest BCUT2D eigenvalue weighted by Crippen LogP contribution is 2.57. The molecule has 3 amide bonds. The number of rotatable bonds is 8. The second-order valence-electron chi connectivity index (χ2n) is 11.3. The molecule has 0 bridgehead atoms. The molecule has 8 nitrogen and oxygen atoms in total. The number of fused-ring (bicyclic) bond motifs is 2. The zero-order chi connectivity index (χ0) is 27.1. The van der Waals surface area contributed by atoms with E-state index in [0.29, 0.717) is 26.1 Å². The van der Waals surface area contributed by atoms with Crippen molar-refractivity contribution in [1.29, 1.82) is 0 Å². The number of nitrogens with zero attached hydrogens (tertiary/aromatic N) is 3. The molecule has 2 saturated heterocycles. The first-order valence-electron chi connectivity index (χ1n) is 13.8. The van der Waals surface area contributed by atoms with Crippen molar-refractivity contribution in [2.24, 2.45) is 11.8 Å². The van der Waals surface area contributed by atoms with E-state index in [1.54, 1.807) is 21.7 Å². The van der Waals surface area contributed by atoms with Gasteiger partial charge >= 0.3 is 0 Å². The molecule has 6 atom stereocenters. The zero-order valence-corrected chi connectivity index (χ0v) is 22.6. The van der Waals surface area contributed by atoms with Crippen molar-refractivity contribution in [3.8, 4) is 0 Å². The molecular formula is C30H39N3O5. The van der Waals surface area contributed by atoms with Gasteiger partial charge in [-0.25, -0.2) is 0 Å². The van der Waals surface area contributed by atoms with E-state index in [1.165, 1.54) is 0 Å². The third-order valence-electron chi connectivity index (χ3n) is 8.73. The van der Waals surface area contributed by atoms with Crippen LogP contribution in [0.4, 0.5) is 0 Å². The molecule has 4 heterocycles. The summed E-state index contributed by atoms with van der Waals surface area (Å²) in [4.78, 5) is 47.5. The Hall–Kier alpha value is -2.97. The van der Waals surface area contributed by atoms with Crippen LogP contribution in [0.2, 0.25) is 0 Å². The van der Waals surface area contributed by atoms with Crippen LogP contribution in [0.1, 0.15) is 38.7 Å². The standard InChI is InChI=1S/C30H39N3O5/c1-4-5-9-17-32-18-11-15-30-24(23-26(35)31(3)16-10-14-29(23,2)38-30)27(36)33(25(30)28(32)37)22(20-34)19-21-12-7-6-8-13-21/h6-8,10-15,22-25,34H,4-5,9,16-20H2,1-3H3/t22-,23-,24+,25?,29+,30+/m1/s1. The van der Waals surface area contributed by atoms with Crippen LogP contribution in [0.3, 0.4) is 0 Å². The maximum Gasteiger partial charge on any atom is 0.249 e. The fraction of sp³-hybridized carbons (Fsp3) is 0.567. The van der Waals surface area contributed by atoms with E-state index in [1.807, 2.05) is 61.6 Å². The third kappa shape index (κ3) is 4.18. The summed E-state index contributed by atoms with van der Waals surface area (Å²) in [7, 11) is 1.73. The van der Waals surface area contributed by atoms with Crippen molar-refractivity contribution in [2.45, 2.75) is 62.8 Å². The lowest BCUT2D eigenvalue weighted by atomic mass is 9.74. The average molecular weight is 522 g/mol. The highest BCUT2D eigenvalue weighted by molar-refractivity contribution is 6.00. The summed E-state index contributed by atoms with van der Waals surface area (Å²) in [6.45, 7) is 5.11. The SMILES string of the molecule is CCCCCN1CC=C[C@]23O[C@@]4(C)C=CCN(C)C(=O)[C@H]4[C@H]2C(=O)N([C@@H](CO)Cc2ccccc2)C3C1=O. The minimum Gasteiger partial charge on any atom is -0.394 e. The van der Waals surface area contributed by atoms with E-state index in [9.17, 15) is 19.5 Å². The van der Waals surface area contributed by atoms with Crippen LogP contribution >= 0.6 is 0 Å². The Bertz CT molecular complexity index is 1140. The molecule has 1 unspecified atom stereocenters.